The van der Waals surface area contributed by atoms with Crippen LogP contribution in [0.5, 0.6) is 0 Å². The molecule has 4 nitrogen and oxygen atoms in total. The van der Waals surface area contributed by atoms with Gasteiger partial charge in [0.1, 0.15) is 0 Å². The summed E-state index contributed by atoms with van der Waals surface area (Å²) in [4.78, 5) is 13.3. The number of carbonyl (C=O) groups excluding carboxylic acids is 1. The summed E-state index contributed by atoms with van der Waals surface area (Å²) in [6.45, 7) is 5.16. The largest absolute Gasteiger partial charge is 0.450 e. The van der Waals surface area contributed by atoms with Crippen molar-refractivity contribution in [3.05, 3.63) is 0 Å². The van der Waals surface area contributed by atoms with E-state index in [4.69, 9.17) is 4.74 Å². The van der Waals surface area contributed by atoms with E-state index in [0.29, 0.717) is 12.6 Å². The molecule has 2 fully saturated rings. The first-order valence-electron chi connectivity index (χ1n) is 6.94. The van der Waals surface area contributed by atoms with Crippen LogP contribution in [0.25, 0.3) is 0 Å². The summed E-state index contributed by atoms with van der Waals surface area (Å²) in [5, 5.41) is 3.64. The number of rotatable bonds is 4. The molecule has 17 heavy (non-hydrogen) atoms. The third-order valence-electron chi connectivity index (χ3n) is 3.94. The van der Waals surface area contributed by atoms with Crippen LogP contribution in [0.3, 0.4) is 0 Å². The molecule has 1 saturated heterocycles. The maximum Gasteiger partial charge on any atom is 0.409 e. The zero-order valence-corrected chi connectivity index (χ0v) is 10.8. The van der Waals surface area contributed by atoms with E-state index in [-0.39, 0.29) is 6.09 Å². The summed E-state index contributed by atoms with van der Waals surface area (Å²) in [7, 11) is 0. The minimum atomic E-state index is -0.148. The average Bonchev–Trinajstić information content (AvgIpc) is 2.28. The first kappa shape index (κ1) is 12.7. The number of amides is 1. The van der Waals surface area contributed by atoms with Crippen molar-refractivity contribution in [3.8, 4) is 0 Å². The van der Waals surface area contributed by atoms with Gasteiger partial charge in [-0.25, -0.2) is 4.79 Å². The molecule has 0 aromatic carbocycles. The van der Waals surface area contributed by atoms with E-state index in [9.17, 15) is 4.79 Å². The number of piperidine rings is 1. The first-order valence-corrected chi connectivity index (χ1v) is 6.94. The fraction of sp³-hybridized carbons (Fsp3) is 0.923. The van der Waals surface area contributed by atoms with E-state index < -0.39 is 0 Å². The zero-order chi connectivity index (χ0) is 12.1. The molecule has 1 N–H and O–H groups in total. The summed E-state index contributed by atoms with van der Waals surface area (Å²) >= 11 is 0. The zero-order valence-electron chi connectivity index (χ0n) is 10.8. The maximum atomic E-state index is 11.5. The van der Waals surface area contributed by atoms with Gasteiger partial charge < -0.3 is 15.0 Å². The van der Waals surface area contributed by atoms with Crippen LogP contribution >= 0.6 is 0 Å². The van der Waals surface area contributed by atoms with Gasteiger partial charge in [0.25, 0.3) is 0 Å². The maximum absolute atomic E-state index is 11.5. The SMILES string of the molecule is CCOC(=O)N1CCC(NCC2CCC2)CC1. The Hall–Kier alpha value is -0.770. The van der Waals surface area contributed by atoms with Crippen molar-refractivity contribution in [1.29, 1.82) is 0 Å². The van der Waals surface area contributed by atoms with Gasteiger partial charge in [-0.3, -0.25) is 0 Å². The molecule has 98 valence electrons. The van der Waals surface area contributed by atoms with Gasteiger partial charge in [-0.15, -0.1) is 0 Å². The lowest BCUT2D eigenvalue weighted by Crippen LogP contribution is -2.46. The van der Waals surface area contributed by atoms with Crippen molar-refractivity contribution < 1.29 is 9.53 Å². The summed E-state index contributed by atoms with van der Waals surface area (Å²) in [6.07, 6.45) is 6.18. The Kier molecular flexibility index (Phi) is 4.66. The van der Waals surface area contributed by atoms with E-state index in [0.717, 1.165) is 31.8 Å². The van der Waals surface area contributed by atoms with Crippen molar-refractivity contribution in [2.75, 3.05) is 26.2 Å². The normalized spacial score (nSPS) is 22.3. The Balaban J connectivity index is 1.61. The standard InChI is InChI=1S/C13H24N2O2/c1-2-17-13(16)15-8-6-12(7-9-15)14-10-11-4-3-5-11/h11-12,14H,2-10H2,1H3. The molecule has 0 aromatic heterocycles. The van der Waals surface area contributed by atoms with Crippen LogP contribution in [0.4, 0.5) is 4.79 Å². The molecule has 1 amide bonds. The molecule has 0 unspecified atom stereocenters. The summed E-state index contributed by atoms with van der Waals surface area (Å²) in [5.74, 6) is 0.915. The fourth-order valence-corrected chi connectivity index (χ4v) is 2.51. The first-order chi connectivity index (χ1) is 8.29. The third kappa shape index (κ3) is 3.60. The lowest BCUT2D eigenvalue weighted by Gasteiger charge is -2.34. The molecule has 4 heteroatoms. The lowest BCUT2D eigenvalue weighted by atomic mass is 9.85. The highest BCUT2D eigenvalue weighted by atomic mass is 16.6. The van der Waals surface area contributed by atoms with E-state index in [1.165, 1.54) is 25.8 Å². The molecule has 0 aromatic rings. The quantitative estimate of drug-likeness (QED) is 0.817. The number of hydrogen-bond donors (Lipinski definition) is 1. The van der Waals surface area contributed by atoms with Gasteiger partial charge in [0.15, 0.2) is 0 Å². The van der Waals surface area contributed by atoms with E-state index in [2.05, 4.69) is 5.32 Å². The number of likely N-dealkylation sites (tertiary alicyclic amines) is 1. The van der Waals surface area contributed by atoms with Crippen LogP contribution in [-0.4, -0.2) is 43.3 Å². The van der Waals surface area contributed by atoms with Gasteiger partial charge in [0.05, 0.1) is 6.61 Å². The van der Waals surface area contributed by atoms with Gasteiger partial charge in [0, 0.05) is 19.1 Å². The Labute approximate surface area is 104 Å². The molecular weight excluding hydrogens is 216 g/mol. The Morgan fingerprint density at radius 2 is 2.00 bits per heavy atom. The molecule has 0 bridgehead atoms. The second-order valence-corrected chi connectivity index (χ2v) is 5.17. The third-order valence-corrected chi connectivity index (χ3v) is 3.94. The fourth-order valence-electron chi connectivity index (χ4n) is 2.51. The molecule has 2 rings (SSSR count). The molecule has 2 aliphatic rings. The highest BCUT2D eigenvalue weighted by Gasteiger charge is 2.24. The number of ether oxygens (including phenoxy) is 1. The number of nitrogens with zero attached hydrogens (tertiary/aromatic N) is 1. The average molecular weight is 240 g/mol. The molecule has 0 spiro atoms. The van der Waals surface area contributed by atoms with Gasteiger partial charge in [-0.1, -0.05) is 6.42 Å². The Bertz CT molecular complexity index is 246. The van der Waals surface area contributed by atoms with Gasteiger partial charge in [-0.2, -0.15) is 0 Å². The molecule has 1 saturated carbocycles. The van der Waals surface area contributed by atoms with Crippen molar-refractivity contribution >= 4 is 6.09 Å². The number of nitrogens with one attached hydrogen (secondary N) is 1. The summed E-state index contributed by atoms with van der Waals surface area (Å²) in [6, 6.07) is 0.598. The molecule has 1 heterocycles. The van der Waals surface area contributed by atoms with Crippen LogP contribution < -0.4 is 5.32 Å². The van der Waals surface area contributed by atoms with Crippen molar-refractivity contribution in [2.45, 2.75) is 45.1 Å². The van der Waals surface area contributed by atoms with Crippen LogP contribution in [0.15, 0.2) is 0 Å². The van der Waals surface area contributed by atoms with Gasteiger partial charge >= 0.3 is 6.09 Å². The number of hydrogen-bond acceptors (Lipinski definition) is 3. The minimum absolute atomic E-state index is 0.148. The molecule has 0 radical (unpaired) electrons. The second kappa shape index (κ2) is 6.24. The van der Waals surface area contributed by atoms with Gasteiger partial charge in [-0.05, 0) is 45.1 Å². The van der Waals surface area contributed by atoms with Crippen LogP contribution in [0.1, 0.15) is 39.0 Å². The van der Waals surface area contributed by atoms with Gasteiger partial charge in [0.2, 0.25) is 0 Å². The van der Waals surface area contributed by atoms with Crippen LogP contribution in [0.2, 0.25) is 0 Å². The second-order valence-electron chi connectivity index (χ2n) is 5.17. The minimum Gasteiger partial charge on any atom is -0.450 e. The Morgan fingerprint density at radius 3 is 2.53 bits per heavy atom. The predicted octanol–water partition coefficient (Wildman–Crippen LogP) is 2.00. The van der Waals surface area contributed by atoms with Crippen molar-refractivity contribution in [1.82, 2.24) is 10.2 Å². The highest BCUT2D eigenvalue weighted by molar-refractivity contribution is 5.67. The monoisotopic (exact) mass is 240 g/mol. The smallest absolute Gasteiger partial charge is 0.409 e. The topological polar surface area (TPSA) is 41.6 Å². The van der Waals surface area contributed by atoms with Crippen LogP contribution in [-0.2, 0) is 4.74 Å². The summed E-state index contributed by atoms with van der Waals surface area (Å²) in [5.41, 5.74) is 0. The molecule has 0 atom stereocenters. The predicted molar refractivity (Wildman–Crippen MR) is 67.0 cm³/mol. The highest BCUT2D eigenvalue weighted by Crippen LogP contribution is 2.25. The lowest BCUT2D eigenvalue weighted by molar-refractivity contribution is 0.0943. The molecule has 1 aliphatic carbocycles. The summed E-state index contributed by atoms with van der Waals surface area (Å²) < 4.78 is 5.01. The molecular formula is C13H24N2O2. The van der Waals surface area contributed by atoms with Crippen molar-refractivity contribution in [2.24, 2.45) is 5.92 Å². The van der Waals surface area contributed by atoms with Crippen molar-refractivity contribution in [3.63, 3.8) is 0 Å². The Morgan fingerprint density at radius 1 is 1.29 bits per heavy atom. The van der Waals surface area contributed by atoms with E-state index in [1.54, 1.807) is 0 Å². The van der Waals surface area contributed by atoms with Crippen LogP contribution in [0, 0.1) is 5.92 Å². The van der Waals surface area contributed by atoms with E-state index in [1.807, 2.05) is 11.8 Å². The number of carbonyl (C=O) groups is 1. The van der Waals surface area contributed by atoms with E-state index >= 15 is 0 Å². The molecule has 1 aliphatic heterocycles.